The number of halogens is 4. The lowest BCUT2D eigenvalue weighted by Gasteiger charge is -2.37. The predicted molar refractivity (Wildman–Crippen MR) is 117 cm³/mol. The summed E-state index contributed by atoms with van der Waals surface area (Å²) in [4.78, 5) is 26.6. The third-order valence-electron chi connectivity index (χ3n) is 6.66. The van der Waals surface area contributed by atoms with E-state index in [1.807, 2.05) is 0 Å². The third kappa shape index (κ3) is 7.31. The molecule has 1 aromatic carbocycles. The van der Waals surface area contributed by atoms with Crippen LogP contribution in [0.5, 0.6) is 0 Å². The lowest BCUT2D eigenvalue weighted by atomic mass is 9.84. The van der Waals surface area contributed by atoms with Crippen molar-refractivity contribution < 1.29 is 27.2 Å². The number of hydrogen-bond donors (Lipinski definition) is 2. The van der Waals surface area contributed by atoms with Crippen molar-refractivity contribution in [2.45, 2.75) is 57.2 Å². The molecule has 2 fully saturated rings. The highest BCUT2D eigenvalue weighted by atomic mass is 19.4. The maximum atomic E-state index is 14.4. The molecule has 0 bridgehead atoms. The van der Waals surface area contributed by atoms with Gasteiger partial charge in [-0.2, -0.15) is 13.2 Å². The number of carbonyl (C=O) groups is 2. The molecular weight excluding hydrogens is 440 g/mol. The first-order valence-corrected chi connectivity index (χ1v) is 11.5. The third-order valence-corrected chi connectivity index (χ3v) is 6.66. The van der Waals surface area contributed by atoms with Gasteiger partial charge in [-0.05, 0) is 56.7 Å². The maximum absolute atomic E-state index is 14.4. The minimum absolute atomic E-state index is 0.0145. The first kappa shape index (κ1) is 25.3. The van der Waals surface area contributed by atoms with Gasteiger partial charge in [0.2, 0.25) is 11.8 Å². The molecule has 0 spiro atoms. The molecular formula is C23H32F4N4O2. The van der Waals surface area contributed by atoms with Crippen molar-refractivity contribution in [3.63, 3.8) is 0 Å². The number of anilines is 1. The van der Waals surface area contributed by atoms with Crippen LogP contribution in [0.25, 0.3) is 0 Å². The highest BCUT2D eigenvalue weighted by Crippen LogP contribution is 2.35. The molecule has 3 rings (SSSR count). The van der Waals surface area contributed by atoms with Gasteiger partial charge in [0.1, 0.15) is 0 Å². The zero-order valence-electron chi connectivity index (χ0n) is 18.7. The Balaban J connectivity index is 1.37. The van der Waals surface area contributed by atoms with Crippen LogP contribution in [-0.2, 0) is 15.8 Å². The van der Waals surface area contributed by atoms with Crippen LogP contribution in [-0.4, -0.2) is 55.5 Å². The fourth-order valence-corrected chi connectivity index (χ4v) is 4.69. The van der Waals surface area contributed by atoms with Crippen molar-refractivity contribution in [2.75, 3.05) is 37.6 Å². The Morgan fingerprint density at radius 1 is 1.03 bits per heavy atom. The van der Waals surface area contributed by atoms with Crippen LogP contribution in [0.4, 0.5) is 23.2 Å². The minimum atomic E-state index is -4.70. The number of primary amides is 1. The van der Waals surface area contributed by atoms with Crippen LogP contribution >= 0.6 is 0 Å². The second-order valence-electron chi connectivity index (χ2n) is 9.01. The summed E-state index contributed by atoms with van der Waals surface area (Å²) < 4.78 is 53.4. The van der Waals surface area contributed by atoms with Crippen molar-refractivity contribution in [3.05, 3.63) is 29.6 Å². The zero-order chi connectivity index (χ0) is 24.0. The molecule has 0 unspecified atom stereocenters. The van der Waals surface area contributed by atoms with Gasteiger partial charge >= 0.3 is 6.18 Å². The van der Waals surface area contributed by atoms with Gasteiger partial charge in [0.05, 0.1) is 11.3 Å². The summed E-state index contributed by atoms with van der Waals surface area (Å²) >= 11 is 0. The molecule has 33 heavy (non-hydrogen) atoms. The van der Waals surface area contributed by atoms with E-state index in [2.05, 4.69) is 10.2 Å². The second-order valence-corrected chi connectivity index (χ2v) is 9.01. The maximum Gasteiger partial charge on any atom is 0.419 e. The van der Waals surface area contributed by atoms with E-state index in [4.69, 9.17) is 5.73 Å². The smallest absolute Gasteiger partial charge is 0.370 e. The van der Waals surface area contributed by atoms with E-state index in [0.717, 1.165) is 44.7 Å². The number of benzene rings is 1. The Labute approximate surface area is 191 Å². The highest BCUT2D eigenvalue weighted by molar-refractivity contribution is 5.82. The highest BCUT2D eigenvalue weighted by Gasteiger charge is 2.36. The molecule has 1 saturated carbocycles. The van der Waals surface area contributed by atoms with Gasteiger partial charge in [0, 0.05) is 45.1 Å². The van der Waals surface area contributed by atoms with Crippen molar-refractivity contribution in [1.29, 1.82) is 0 Å². The molecule has 1 aromatic rings. The number of carbonyl (C=O) groups excluding carboxylic acids is 2. The van der Waals surface area contributed by atoms with Crippen LogP contribution < -0.4 is 16.0 Å². The number of alkyl halides is 3. The standard InChI is InChI=1S/C23H32F4N4O2/c24-22-18(23(25,26)27)2-1-3-19(22)31-14-12-30(13-15-31)11-10-16-4-6-17(7-5-16)29-21(33)9-8-20(28)32/h1-3,16-17H,4-15H2,(H2,28,32)(H,29,33). The van der Waals surface area contributed by atoms with Crippen molar-refractivity contribution >= 4 is 17.5 Å². The number of rotatable bonds is 8. The van der Waals surface area contributed by atoms with Gasteiger partial charge in [0.25, 0.3) is 0 Å². The van der Waals surface area contributed by atoms with E-state index in [1.54, 1.807) is 4.90 Å². The topological polar surface area (TPSA) is 78.7 Å². The Morgan fingerprint density at radius 3 is 2.30 bits per heavy atom. The van der Waals surface area contributed by atoms with Crippen molar-refractivity contribution in [3.8, 4) is 0 Å². The largest absolute Gasteiger partial charge is 0.419 e. The van der Waals surface area contributed by atoms with E-state index >= 15 is 0 Å². The minimum Gasteiger partial charge on any atom is -0.370 e. The van der Waals surface area contributed by atoms with E-state index in [1.165, 1.54) is 12.1 Å². The molecule has 0 atom stereocenters. The summed E-state index contributed by atoms with van der Waals surface area (Å²) in [6.45, 7) is 3.24. The van der Waals surface area contributed by atoms with Crippen molar-refractivity contribution in [1.82, 2.24) is 10.2 Å². The lowest BCUT2D eigenvalue weighted by molar-refractivity contribution is -0.140. The average Bonchev–Trinajstić information content (AvgIpc) is 2.77. The number of piperazine rings is 1. The molecule has 1 aliphatic carbocycles. The van der Waals surface area contributed by atoms with Crippen LogP contribution in [0.3, 0.4) is 0 Å². The van der Waals surface area contributed by atoms with Crippen LogP contribution in [0, 0.1) is 11.7 Å². The molecule has 0 aromatic heterocycles. The first-order chi connectivity index (χ1) is 15.6. The van der Waals surface area contributed by atoms with Gasteiger partial charge in [-0.15, -0.1) is 0 Å². The molecule has 2 amide bonds. The Bertz CT molecular complexity index is 817. The molecule has 1 heterocycles. The normalized spacial score (nSPS) is 22.2. The Kier molecular flexibility index (Phi) is 8.56. The summed E-state index contributed by atoms with van der Waals surface area (Å²) in [6.07, 6.45) is 0.394. The van der Waals surface area contributed by atoms with E-state index in [-0.39, 0.29) is 30.5 Å². The predicted octanol–water partition coefficient (Wildman–Crippen LogP) is 3.30. The van der Waals surface area contributed by atoms with Crippen LogP contribution in [0.1, 0.15) is 50.5 Å². The van der Waals surface area contributed by atoms with E-state index in [0.29, 0.717) is 32.1 Å². The monoisotopic (exact) mass is 472 g/mol. The number of amides is 2. The molecule has 1 saturated heterocycles. The number of nitrogens with zero attached hydrogens (tertiary/aromatic N) is 2. The van der Waals surface area contributed by atoms with Gasteiger partial charge in [-0.3, -0.25) is 14.5 Å². The second kappa shape index (κ2) is 11.2. The fourth-order valence-electron chi connectivity index (χ4n) is 4.69. The SMILES string of the molecule is NC(=O)CCC(=O)NC1CCC(CCN2CCN(c3cccc(C(F)(F)F)c3F)CC2)CC1. The summed E-state index contributed by atoms with van der Waals surface area (Å²) in [5.74, 6) is -1.23. The fraction of sp³-hybridized carbons (Fsp3) is 0.652. The average molecular weight is 473 g/mol. The van der Waals surface area contributed by atoms with Crippen LogP contribution in [0.2, 0.25) is 0 Å². The van der Waals surface area contributed by atoms with Crippen LogP contribution in [0.15, 0.2) is 18.2 Å². The first-order valence-electron chi connectivity index (χ1n) is 11.5. The molecule has 1 aliphatic heterocycles. The number of nitrogens with one attached hydrogen (secondary N) is 1. The van der Waals surface area contributed by atoms with Gasteiger partial charge in [-0.1, -0.05) is 6.07 Å². The number of hydrogen-bond acceptors (Lipinski definition) is 4. The Morgan fingerprint density at radius 2 is 1.70 bits per heavy atom. The van der Waals surface area contributed by atoms with E-state index in [9.17, 15) is 27.2 Å². The quantitative estimate of drug-likeness (QED) is 0.569. The van der Waals surface area contributed by atoms with Gasteiger partial charge < -0.3 is 16.0 Å². The summed E-state index contributed by atoms with van der Waals surface area (Å²) in [5, 5.41) is 2.97. The summed E-state index contributed by atoms with van der Waals surface area (Å²) in [5.41, 5.74) is 3.86. The summed E-state index contributed by atoms with van der Waals surface area (Å²) in [6, 6.07) is 3.58. The molecule has 184 valence electrons. The summed E-state index contributed by atoms with van der Waals surface area (Å²) in [7, 11) is 0. The molecule has 6 nitrogen and oxygen atoms in total. The number of nitrogens with two attached hydrogens (primary N) is 1. The van der Waals surface area contributed by atoms with Gasteiger partial charge in [0.15, 0.2) is 5.82 Å². The molecule has 2 aliphatic rings. The molecule has 3 N–H and O–H groups in total. The zero-order valence-corrected chi connectivity index (χ0v) is 18.7. The molecule has 0 radical (unpaired) electrons. The van der Waals surface area contributed by atoms with E-state index < -0.39 is 23.5 Å². The molecule has 10 heteroatoms. The Hall–Kier alpha value is -2.36. The lowest BCUT2D eigenvalue weighted by Crippen LogP contribution is -2.47. The van der Waals surface area contributed by atoms with Gasteiger partial charge in [-0.25, -0.2) is 4.39 Å². The van der Waals surface area contributed by atoms with Crippen molar-refractivity contribution in [2.24, 2.45) is 11.7 Å².